The molecule has 6 heteroatoms. The van der Waals surface area contributed by atoms with Crippen LogP contribution in [0.25, 0.3) is 0 Å². The van der Waals surface area contributed by atoms with Crippen molar-refractivity contribution in [2.45, 2.75) is 19.4 Å². The molecule has 0 amide bonds. The van der Waals surface area contributed by atoms with Gasteiger partial charge in [0.05, 0.1) is 10.6 Å². The van der Waals surface area contributed by atoms with Gasteiger partial charge in [-0.3, -0.25) is 0 Å². The molecule has 1 heterocycles. The van der Waals surface area contributed by atoms with Crippen molar-refractivity contribution >= 4 is 11.5 Å². The van der Waals surface area contributed by atoms with Crippen molar-refractivity contribution in [3.05, 3.63) is 46.0 Å². The summed E-state index contributed by atoms with van der Waals surface area (Å²) in [6.07, 6.45) is 0.361. The normalized spacial score (nSPS) is 12.7. The van der Waals surface area contributed by atoms with Crippen molar-refractivity contribution in [3.8, 4) is 0 Å². The number of rotatable bonds is 3. The Morgan fingerprint density at radius 1 is 1.29 bits per heavy atom. The van der Waals surface area contributed by atoms with Gasteiger partial charge in [-0.05, 0) is 42.6 Å². The summed E-state index contributed by atoms with van der Waals surface area (Å²) in [7, 11) is 0. The molecule has 1 atom stereocenters. The summed E-state index contributed by atoms with van der Waals surface area (Å²) >= 11 is 1.21. The highest BCUT2D eigenvalue weighted by molar-refractivity contribution is 7.05. The van der Waals surface area contributed by atoms with Crippen LogP contribution in [0.5, 0.6) is 0 Å². The average Bonchev–Trinajstić information content (AvgIpc) is 2.62. The molecule has 1 aromatic heterocycles. The van der Waals surface area contributed by atoms with Crippen LogP contribution in [0.4, 0.5) is 8.78 Å². The molecule has 1 unspecified atom stereocenters. The van der Waals surface area contributed by atoms with Crippen molar-refractivity contribution in [3.63, 3.8) is 0 Å². The molecule has 2 N–H and O–H groups in total. The molecular formula is C11H11F2N3S. The summed E-state index contributed by atoms with van der Waals surface area (Å²) in [6, 6.07) is 3.07. The van der Waals surface area contributed by atoms with Gasteiger partial charge >= 0.3 is 0 Å². The number of aromatic nitrogens is 2. The van der Waals surface area contributed by atoms with Gasteiger partial charge in [-0.1, -0.05) is 4.49 Å². The van der Waals surface area contributed by atoms with Crippen LogP contribution >= 0.6 is 11.5 Å². The minimum absolute atomic E-state index is 0.337. The van der Waals surface area contributed by atoms with E-state index in [4.69, 9.17) is 5.73 Å². The second-order valence-corrected chi connectivity index (χ2v) is 4.60. The summed E-state index contributed by atoms with van der Waals surface area (Å²) < 4.78 is 29.8. The standard InChI is InChI=1S/C11H11F2N3S/c1-6-11(17-16-15-6)10(14)4-7-2-8(12)5-9(13)3-7/h2-3,5,10H,4,14H2,1H3. The van der Waals surface area contributed by atoms with E-state index in [0.29, 0.717) is 12.0 Å². The van der Waals surface area contributed by atoms with E-state index in [0.717, 1.165) is 16.6 Å². The Morgan fingerprint density at radius 3 is 2.47 bits per heavy atom. The summed E-state index contributed by atoms with van der Waals surface area (Å²) in [6.45, 7) is 1.81. The summed E-state index contributed by atoms with van der Waals surface area (Å²) in [5.74, 6) is -1.18. The van der Waals surface area contributed by atoms with Crippen LogP contribution in [-0.4, -0.2) is 9.59 Å². The Balaban J connectivity index is 2.18. The van der Waals surface area contributed by atoms with Crippen molar-refractivity contribution in [1.29, 1.82) is 0 Å². The van der Waals surface area contributed by atoms with Gasteiger partial charge < -0.3 is 5.73 Å². The van der Waals surface area contributed by atoms with Crippen LogP contribution in [0.1, 0.15) is 22.2 Å². The first-order chi connectivity index (χ1) is 8.06. The number of nitrogens with two attached hydrogens (primary N) is 1. The molecule has 0 aliphatic rings. The fraction of sp³-hybridized carbons (Fsp3) is 0.273. The first kappa shape index (κ1) is 12.1. The maximum absolute atomic E-state index is 13.0. The van der Waals surface area contributed by atoms with Crippen LogP contribution in [0, 0.1) is 18.6 Å². The van der Waals surface area contributed by atoms with Crippen molar-refractivity contribution in [2.24, 2.45) is 5.73 Å². The zero-order chi connectivity index (χ0) is 12.4. The topological polar surface area (TPSA) is 51.8 Å². The van der Waals surface area contributed by atoms with E-state index in [1.165, 1.54) is 23.7 Å². The SMILES string of the molecule is Cc1nnsc1C(N)Cc1cc(F)cc(F)c1. The molecule has 1 aromatic carbocycles. The molecule has 90 valence electrons. The van der Waals surface area contributed by atoms with E-state index < -0.39 is 11.6 Å². The molecule has 2 rings (SSSR count). The molecule has 0 bridgehead atoms. The van der Waals surface area contributed by atoms with Crippen LogP contribution < -0.4 is 5.73 Å². The van der Waals surface area contributed by atoms with E-state index in [1.54, 1.807) is 0 Å². The van der Waals surface area contributed by atoms with E-state index >= 15 is 0 Å². The molecule has 0 saturated carbocycles. The first-order valence-electron chi connectivity index (χ1n) is 5.05. The van der Waals surface area contributed by atoms with Crippen LogP contribution in [0.15, 0.2) is 18.2 Å². The van der Waals surface area contributed by atoms with Crippen molar-refractivity contribution in [2.75, 3.05) is 0 Å². The maximum atomic E-state index is 13.0. The molecule has 0 radical (unpaired) electrons. The quantitative estimate of drug-likeness (QED) is 0.916. The van der Waals surface area contributed by atoms with Crippen molar-refractivity contribution in [1.82, 2.24) is 9.59 Å². The van der Waals surface area contributed by atoms with Gasteiger partial charge in [-0.2, -0.15) is 0 Å². The zero-order valence-electron chi connectivity index (χ0n) is 9.15. The second-order valence-electron chi connectivity index (χ2n) is 3.81. The fourth-order valence-corrected chi connectivity index (χ4v) is 2.30. The number of benzene rings is 1. The van der Waals surface area contributed by atoms with Gasteiger partial charge in [0.1, 0.15) is 11.6 Å². The largest absolute Gasteiger partial charge is 0.323 e. The average molecular weight is 255 g/mol. The third-order valence-electron chi connectivity index (χ3n) is 2.40. The summed E-state index contributed by atoms with van der Waals surface area (Å²) in [5.41, 5.74) is 7.25. The predicted molar refractivity (Wildman–Crippen MR) is 61.6 cm³/mol. The van der Waals surface area contributed by atoms with Crippen LogP contribution in [0.2, 0.25) is 0 Å². The lowest BCUT2D eigenvalue weighted by atomic mass is 10.0. The molecule has 2 aromatic rings. The third kappa shape index (κ3) is 2.83. The third-order valence-corrected chi connectivity index (χ3v) is 3.36. The van der Waals surface area contributed by atoms with Crippen LogP contribution in [0.3, 0.4) is 0 Å². The zero-order valence-corrected chi connectivity index (χ0v) is 9.97. The molecule has 0 spiro atoms. The Bertz CT molecular complexity index is 507. The lowest BCUT2D eigenvalue weighted by molar-refractivity contribution is 0.576. The lowest BCUT2D eigenvalue weighted by Gasteiger charge is -2.09. The van der Waals surface area contributed by atoms with E-state index in [9.17, 15) is 8.78 Å². The smallest absolute Gasteiger partial charge is 0.126 e. The summed E-state index contributed by atoms with van der Waals surface area (Å²) in [4.78, 5) is 0.842. The first-order valence-corrected chi connectivity index (χ1v) is 5.83. The molecule has 0 aliphatic carbocycles. The minimum atomic E-state index is -0.591. The van der Waals surface area contributed by atoms with Crippen LogP contribution in [-0.2, 0) is 6.42 Å². The fourth-order valence-electron chi connectivity index (χ4n) is 1.65. The van der Waals surface area contributed by atoms with Gasteiger partial charge in [0, 0.05) is 12.1 Å². The number of aryl methyl sites for hydroxylation is 1. The monoisotopic (exact) mass is 255 g/mol. The van der Waals surface area contributed by atoms with E-state index in [-0.39, 0.29) is 6.04 Å². The highest BCUT2D eigenvalue weighted by atomic mass is 32.1. The second kappa shape index (κ2) is 4.85. The number of hydrogen-bond acceptors (Lipinski definition) is 4. The number of hydrogen-bond donors (Lipinski definition) is 1. The Labute approximate surface area is 101 Å². The molecule has 0 fully saturated rings. The summed E-state index contributed by atoms with van der Waals surface area (Å²) in [5, 5.41) is 3.85. The Hall–Kier alpha value is -1.40. The maximum Gasteiger partial charge on any atom is 0.126 e. The number of nitrogens with zero attached hydrogens (tertiary/aromatic N) is 2. The predicted octanol–water partition coefficient (Wildman–Crippen LogP) is 2.37. The minimum Gasteiger partial charge on any atom is -0.323 e. The molecule has 17 heavy (non-hydrogen) atoms. The molecular weight excluding hydrogens is 244 g/mol. The van der Waals surface area contributed by atoms with Gasteiger partial charge in [-0.25, -0.2) is 8.78 Å². The number of halogens is 2. The van der Waals surface area contributed by atoms with Gasteiger partial charge in [-0.15, -0.1) is 5.10 Å². The molecule has 0 aliphatic heterocycles. The molecule has 3 nitrogen and oxygen atoms in total. The van der Waals surface area contributed by atoms with E-state index in [2.05, 4.69) is 9.59 Å². The van der Waals surface area contributed by atoms with E-state index in [1.807, 2.05) is 6.92 Å². The van der Waals surface area contributed by atoms with Gasteiger partial charge in [0.2, 0.25) is 0 Å². The van der Waals surface area contributed by atoms with Gasteiger partial charge in [0.25, 0.3) is 0 Å². The highest BCUT2D eigenvalue weighted by Gasteiger charge is 2.14. The highest BCUT2D eigenvalue weighted by Crippen LogP contribution is 2.22. The molecule has 0 saturated heterocycles. The Morgan fingerprint density at radius 2 is 1.94 bits per heavy atom. The van der Waals surface area contributed by atoms with Gasteiger partial charge in [0.15, 0.2) is 0 Å². The lowest BCUT2D eigenvalue weighted by Crippen LogP contribution is -2.13. The van der Waals surface area contributed by atoms with Crippen molar-refractivity contribution < 1.29 is 8.78 Å². The Kier molecular flexibility index (Phi) is 3.44.